The van der Waals surface area contributed by atoms with Crippen LogP contribution >= 0.6 is 0 Å². The Morgan fingerprint density at radius 3 is 2.07 bits per heavy atom. The van der Waals surface area contributed by atoms with E-state index in [4.69, 9.17) is 0 Å². The van der Waals surface area contributed by atoms with Crippen LogP contribution < -0.4 is 0 Å². The summed E-state index contributed by atoms with van der Waals surface area (Å²) in [6.07, 6.45) is -3.44. The quantitative estimate of drug-likeness (QED) is 0.722. The molecule has 0 aliphatic rings. The van der Waals surface area contributed by atoms with Crippen LogP contribution in [0.2, 0.25) is 0 Å². The zero-order chi connectivity index (χ0) is 12.1. The van der Waals surface area contributed by atoms with Crippen molar-refractivity contribution in [2.75, 3.05) is 0 Å². The zero-order valence-corrected chi connectivity index (χ0v) is 9.26. The minimum atomic E-state index is -4.38. The van der Waals surface area contributed by atoms with E-state index in [0.29, 0.717) is 5.69 Å². The molecule has 86 valence electrons. The van der Waals surface area contributed by atoms with Crippen LogP contribution in [0.15, 0.2) is 12.4 Å². The minimum Gasteiger partial charge on any atom is -0.241 e. The molecular formula is C10H15F3N2. The average Bonchev–Trinajstić information content (AvgIpc) is 2.20. The van der Waals surface area contributed by atoms with Gasteiger partial charge in [0.25, 0.3) is 0 Å². The van der Waals surface area contributed by atoms with E-state index in [0.717, 1.165) is 12.4 Å². The van der Waals surface area contributed by atoms with Gasteiger partial charge in [-0.3, -0.25) is 0 Å². The summed E-state index contributed by atoms with van der Waals surface area (Å²) in [5.41, 5.74) is -0.478. The Morgan fingerprint density at radius 1 is 1.13 bits per heavy atom. The summed E-state index contributed by atoms with van der Waals surface area (Å²) in [4.78, 5) is 6.90. The minimum absolute atomic E-state index is 0.0240. The number of alkyl halides is 3. The number of aromatic nitrogens is 2. The van der Waals surface area contributed by atoms with Crippen molar-refractivity contribution in [2.45, 2.75) is 39.8 Å². The molecule has 15 heavy (non-hydrogen) atoms. The Bertz CT molecular complexity index is 295. The van der Waals surface area contributed by atoms with Gasteiger partial charge in [-0.1, -0.05) is 27.7 Å². The van der Waals surface area contributed by atoms with Crippen LogP contribution in [0, 0.1) is 0 Å². The van der Waals surface area contributed by atoms with Crippen molar-refractivity contribution in [1.82, 2.24) is 9.97 Å². The summed E-state index contributed by atoms with van der Waals surface area (Å²) in [5, 5.41) is 0. The van der Waals surface area contributed by atoms with Crippen LogP contribution in [0.3, 0.4) is 0 Å². The van der Waals surface area contributed by atoms with Gasteiger partial charge in [0.15, 0.2) is 0 Å². The van der Waals surface area contributed by atoms with Crippen LogP contribution in [0.5, 0.6) is 0 Å². The summed E-state index contributed by atoms with van der Waals surface area (Å²) < 4.78 is 36.4. The molecule has 0 unspecified atom stereocenters. The first-order chi connectivity index (χ1) is 6.91. The lowest BCUT2D eigenvalue weighted by Crippen LogP contribution is -2.09. The van der Waals surface area contributed by atoms with Crippen LogP contribution in [-0.4, -0.2) is 9.97 Å². The predicted molar refractivity (Wildman–Crippen MR) is 52.5 cm³/mol. The van der Waals surface area contributed by atoms with Crippen molar-refractivity contribution in [1.29, 1.82) is 0 Å². The molecule has 1 heterocycles. The topological polar surface area (TPSA) is 25.8 Å². The van der Waals surface area contributed by atoms with Gasteiger partial charge >= 0.3 is 6.18 Å². The summed E-state index contributed by atoms with van der Waals surface area (Å²) in [6, 6.07) is 0.977. The molecular weight excluding hydrogens is 205 g/mol. The van der Waals surface area contributed by atoms with Crippen molar-refractivity contribution < 1.29 is 13.2 Å². The third-order valence-electron chi connectivity index (χ3n) is 1.57. The van der Waals surface area contributed by atoms with Crippen molar-refractivity contribution in [3.63, 3.8) is 0 Å². The molecule has 0 spiro atoms. The van der Waals surface area contributed by atoms with E-state index < -0.39 is 11.9 Å². The molecule has 0 atom stereocenters. The first kappa shape index (κ1) is 13.9. The number of hydrogen-bond donors (Lipinski definition) is 0. The van der Waals surface area contributed by atoms with Crippen LogP contribution in [0.25, 0.3) is 0 Å². The van der Waals surface area contributed by atoms with Gasteiger partial charge in [0.1, 0.15) is 12.0 Å². The molecule has 1 aromatic heterocycles. The Labute approximate surface area is 87.6 Å². The fourth-order valence-corrected chi connectivity index (χ4v) is 0.843. The maximum absolute atomic E-state index is 12.1. The molecule has 2 nitrogen and oxygen atoms in total. The summed E-state index contributed by atoms with van der Waals surface area (Å²) in [5.74, 6) is -0.0240. The van der Waals surface area contributed by atoms with Crippen molar-refractivity contribution in [2.24, 2.45) is 0 Å². The SMILES string of the molecule is CC.CC(C)c1cc(C(F)(F)F)ncn1. The molecule has 0 radical (unpaired) electrons. The van der Waals surface area contributed by atoms with E-state index in [2.05, 4.69) is 9.97 Å². The number of hydrogen-bond acceptors (Lipinski definition) is 2. The third kappa shape index (κ3) is 4.27. The molecule has 0 N–H and O–H groups in total. The summed E-state index contributed by atoms with van der Waals surface area (Å²) in [7, 11) is 0. The van der Waals surface area contributed by atoms with Gasteiger partial charge in [0.05, 0.1) is 0 Å². The van der Waals surface area contributed by atoms with E-state index in [1.54, 1.807) is 13.8 Å². The molecule has 0 saturated heterocycles. The normalized spacial score (nSPS) is 10.9. The molecule has 0 aromatic carbocycles. The standard InChI is InChI=1S/C8H9F3N2.C2H6/c1-5(2)6-3-7(8(9,10)11)13-4-12-6;1-2/h3-5H,1-2H3;1-2H3. The largest absolute Gasteiger partial charge is 0.433 e. The highest BCUT2D eigenvalue weighted by Crippen LogP contribution is 2.28. The molecule has 0 aliphatic carbocycles. The molecule has 0 saturated carbocycles. The van der Waals surface area contributed by atoms with Gasteiger partial charge in [-0.05, 0) is 12.0 Å². The molecule has 0 fully saturated rings. The van der Waals surface area contributed by atoms with Gasteiger partial charge < -0.3 is 0 Å². The van der Waals surface area contributed by atoms with Gasteiger partial charge in [-0.25, -0.2) is 9.97 Å². The molecule has 1 aromatic rings. The maximum Gasteiger partial charge on any atom is 0.433 e. The van der Waals surface area contributed by atoms with Crippen molar-refractivity contribution >= 4 is 0 Å². The van der Waals surface area contributed by atoms with Gasteiger partial charge in [-0.15, -0.1) is 0 Å². The maximum atomic E-state index is 12.1. The summed E-state index contributed by atoms with van der Waals surface area (Å²) in [6.45, 7) is 7.56. The Balaban J connectivity index is 0.000000921. The van der Waals surface area contributed by atoms with E-state index in [9.17, 15) is 13.2 Å². The molecule has 5 heteroatoms. The Morgan fingerprint density at radius 2 is 1.67 bits per heavy atom. The van der Waals surface area contributed by atoms with Crippen LogP contribution in [-0.2, 0) is 6.18 Å². The Hall–Kier alpha value is -1.13. The smallest absolute Gasteiger partial charge is 0.241 e. The lowest BCUT2D eigenvalue weighted by Gasteiger charge is -2.08. The third-order valence-corrected chi connectivity index (χ3v) is 1.57. The highest BCUT2D eigenvalue weighted by atomic mass is 19.4. The second-order valence-corrected chi connectivity index (χ2v) is 2.98. The monoisotopic (exact) mass is 220 g/mol. The van der Waals surface area contributed by atoms with Gasteiger partial charge in [0.2, 0.25) is 0 Å². The number of halogens is 3. The summed E-state index contributed by atoms with van der Waals surface area (Å²) >= 11 is 0. The molecule has 1 rings (SSSR count). The average molecular weight is 220 g/mol. The highest BCUT2D eigenvalue weighted by Gasteiger charge is 2.32. The fourth-order valence-electron chi connectivity index (χ4n) is 0.843. The van der Waals surface area contributed by atoms with E-state index in [-0.39, 0.29) is 5.92 Å². The van der Waals surface area contributed by atoms with Crippen LogP contribution in [0.1, 0.15) is 45.0 Å². The molecule has 0 amide bonds. The highest BCUT2D eigenvalue weighted by molar-refractivity contribution is 5.13. The van der Waals surface area contributed by atoms with Crippen molar-refractivity contribution in [3.8, 4) is 0 Å². The fraction of sp³-hybridized carbons (Fsp3) is 0.600. The molecule has 0 bridgehead atoms. The van der Waals surface area contributed by atoms with E-state index in [1.807, 2.05) is 13.8 Å². The second-order valence-electron chi connectivity index (χ2n) is 2.98. The first-order valence-electron chi connectivity index (χ1n) is 4.80. The zero-order valence-electron chi connectivity index (χ0n) is 9.26. The lowest BCUT2D eigenvalue weighted by molar-refractivity contribution is -0.141. The van der Waals surface area contributed by atoms with Crippen molar-refractivity contribution in [3.05, 3.63) is 23.8 Å². The Kier molecular flexibility index (Phi) is 5.25. The van der Waals surface area contributed by atoms with E-state index >= 15 is 0 Å². The number of rotatable bonds is 1. The lowest BCUT2D eigenvalue weighted by atomic mass is 10.1. The predicted octanol–water partition coefficient (Wildman–Crippen LogP) is 3.65. The number of nitrogens with zero attached hydrogens (tertiary/aromatic N) is 2. The second kappa shape index (κ2) is 5.68. The van der Waals surface area contributed by atoms with E-state index in [1.165, 1.54) is 0 Å². The van der Waals surface area contributed by atoms with Crippen LogP contribution in [0.4, 0.5) is 13.2 Å². The molecule has 0 aliphatic heterocycles. The van der Waals surface area contributed by atoms with Gasteiger partial charge in [-0.2, -0.15) is 13.2 Å². The first-order valence-corrected chi connectivity index (χ1v) is 4.80. The van der Waals surface area contributed by atoms with Gasteiger partial charge in [0, 0.05) is 5.69 Å².